The molecule has 1 saturated heterocycles. The van der Waals surface area contributed by atoms with E-state index in [4.69, 9.17) is 16.4 Å². The highest BCUT2D eigenvalue weighted by molar-refractivity contribution is 7.08. The number of hydrogen-bond donors (Lipinski definition) is 1. The normalized spacial score (nSPS) is 16.7. The molecule has 7 heteroatoms. The van der Waals surface area contributed by atoms with Gasteiger partial charge in [0.05, 0.1) is 6.61 Å². The monoisotopic (exact) mass is 248 g/mol. The van der Waals surface area contributed by atoms with Gasteiger partial charge >= 0.3 is 0 Å². The van der Waals surface area contributed by atoms with Crippen LogP contribution in [0.1, 0.15) is 22.5 Å². The summed E-state index contributed by atoms with van der Waals surface area (Å²) in [7, 11) is 0. The van der Waals surface area contributed by atoms with Crippen LogP contribution >= 0.6 is 23.1 Å². The minimum atomic E-state index is -0.429. The van der Waals surface area contributed by atoms with Crippen molar-refractivity contribution in [1.29, 1.82) is 0 Å². The number of hydrogen-bond acceptors (Lipinski definition) is 4. The number of carbonyl (C=O) groups excluding carboxylic acids is 1. The Bertz CT molecular complexity index is 422. The van der Waals surface area contributed by atoms with E-state index in [-0.39, 0.29) is 15.8 Å². The van der Waals surface area contributed by atoms with Gasteiger partial charge in [-0.2, -0.15) is 0 Å². The summed E-state index contributed by atoms with van der Waals surface area (Å²) in [4.78, 5) is 28.2. The predicted octanol–water partition coefficient (Wildman–Crippen LogP) is 1.26. The quantitative estimate of drug-likeness (QED) is 0.814. The summed E-state index contributed by atoms with van der Waals surface area (Å²) >= 11 is 6.62. The molecule has 2 heterocycles. The Labute approximate surface area is 94.7 Å². The molecule has 0 aromatic carbocycles. The maximum absolute atomic E-state index is 11.8. The third-order valence-electron chi connectivity index (χ3n) is 2.07. The maximum Gasteiger partial charge on any atom is 0.290 e. The molecule has 1 aromatic rings. The summed E-state index contributed by atoms with van der Waals surface area (Å²) in [6, 6.07) is 0. The summed E-state index contributed by atoms with van der Waals surface area (Å²) < 4.78 is 2.41. The molecule has 82 valence electrons. The smallest absolute Gasteiger partial charge is 0.276 e. The zero-order chi connectivity index (χ0) is 10.8. The molecule has 1 aromatic heterocycles. The van der Waals surface area contributed by atoms with Crippen molar-refractivity contribution < 1.29 is 9.63 Å². The maximum atomic E-state index is 11.8. The van der Waals surface area contributed by atoms with Gasteiger partial charge in [0, 0.05) is 6.54 Å². The molecule has 5 nitrogen and oxygen atoms in total. The van der Waals surface area contributed by atoms with Crippen molar-refractivity contribution in [3.63, 3.8) is 0 Å². The molecule has 1 aliphatic rings. The van der Waals surface area contributed by atoms with Crippen molar-refractivity contribution in [2.24, 2.45) is 0 Å². The van der Waals surface area contributed by atoms with Crippen LogP contribution in [0.5, 0.6) is 0 Å². The highest BCUT2D eigenvalue weighted by Crippen LogP contribution is 2.19. The molecule has 1 fully saturated rings. The van der Waals surface area contributed by atoms with Crippen LogP contribution in [0.15, 0.2) is 4.79 Å². The molecule has 0 unspecified atom stereocenters. The van der Waals surface area contributed by atoms with Gasteiger partial charge in [-0.1, -0.05) is 23.1 Å². The van der Waals surface area contributed by atoms with Crippen molar-refractivity contribution in [3.8, 4) is 0 Å². The predicted molar refractivity (Wildman–Crippen MR) is 56.2 cm³/mol. The number of H-pyrrole nitrogens is 1. The van der Waals surface area contributed by atoms with Crippen LogP contribution in [-0.2, 0) is 4.84 Å². The van der Waals surface area contributed by atoms with Gasteiger partial charge < -0.3 is 0 Å². The van der Waals surface area contributed by atoms with Crippen molar-refractivity contribution in [2.75, 3.05) is 13.2 Å². The van der Waals surface area contributed by atoms with E-state index in [9.17, 15) is 9.59 Å². The molecule has 0 saturated carbocycles. The van der Waals surface area contributed by atoms with E-state index >= 15 is 0 Å². The fourth-order valence-electron chi connectivity index (χ4n) is 1.30. The van der Waals surface area contributed by atoms with E-state index in [0.717, 1.165) is 24.4 Å². The van der Waals surface area contributed by atoms with E-state index in [1.807, 2.05) is 0 Å². The zero-order valence-corrected chi connectivity index (χ0v) is 9.36. The Morgan fingerprint density at radius 2 is 2.33 bits per heavy atom. The molecule has 0 radical (unpaired) electrons. The fourth-order valence-corrected chi connectivity index (χ4v) is 2.27. The van der Waals surface area contributed by atoms with E-state index in [1.165, 1.54) is 5.06 Å². The Balaban J connectivity index is 2.20. The standard InChI is InChI=1S/C8H9ClN2O3S/c9-5-6(15-10-7(5)12)8(13)11-3-1-2-4-14-11/h1-4H2,(H,10,12). The van der Waals surface area contributed by atoms with Crippen LogP contribution in [0.4, 0.5) is 0 Å². The number of carbonyl (C=O) groups is 1. The molecule has 15 heavy (non-hydrogen) atoms. The Hall–Kier alpha value is -0.850. The number of aromatic nitrogens is 1. The van der Waals surface area contributed by atoms with Gasteiger partial charge in [0.15, 0.2) is 0 Å². The summed E-state index contributed by atoms with van der Waals surface area (Å²) in [6.45, 7) is 1.07. The third kappa shape index (κ3) is 2.06. The largest absolute Gasteiger partial charge is 0.290 e. The lowest BCUT2D eigenvalue weighted by atomic mass is 10.3. The van der Waals surface area contributed by atoms with Crippen LogP contribution in [0.2, 0.25) is 5.02 Å². The molecule has 0 atom stereocenters. The van der Waals surface area contributed by atoms with Gasteiger partial charge in [-0.25, -0.2) is 5.06 Å². The lowest BCUT2D eigenvalue weighted by Crippen LogP contribution is -2.35. The highest BCUT2D eigenvalue weighted by atomic mass is 35.5. The second-order valence-electron chi connectivity index (χ2n) is 3.12. The first-order valence-electron chi connectivity index (χ1n) is 4.52. The van der Waals surface area contributed by atoms with E-state index < -0.39 is 5.56 Å². The van der Waals surface area contributed by atoms with Gasteiger partial charge in [-0.05, 0) is 12.8 Å². The van der Waals surface area contributed by atoms with E-state index in [2.05, 4.69) is 4.37 Å². The zero-order valence-electron chi connectivity index (χ0n) is 7.79. The summed E-state index contributed by atoms with van der Waals surface area (Å²) in [5, 5.41) is 1.20. The van der Waals surface area contributed by atoms with Gasteiger partial charge in [0.1, 0.15) is 9.90 Å². The van der Waals surface area contributed by atoms with Crippen LogP contribution in [-0.4, -0.2) is 28.5 Å². The Morgan fingerprint density at radius 1 is 1.53 bits per heavy atom. The van der Waals surface area contributed by atoms with Gasteiger partial charge in [-0.15, -0.1) is 0 Å². The Morgan fingerprint density at radius 3 is 2.87 bits per heavy atom. The second-order valence-corrected chi connectivity index (χ2v) is 4.32. The summed E-state index contributed by atoms with van der Waals surface area (Å²) in [6.07, 6.45) is 1.85. The first-order chi connectivity index (χ1) is 7.20. The number of nitrogens with one attached hydrogen (secondary N) is 1. The van der Waals surface area contributed by atoms with Gasteiger partial charge in [-0.3, -0.25) is 18.8 Å². The number of rotatable bonds is 1. The summed E-state index contributed by atoms with van der Waals surface area (Å²) in [5.74, 6) is -0.344. The van der Waals surface area contributed by atoms with E-state index in [0.29, 0.717) is 13.2 Å². The molecule has 0 bridgehead atoms. The number of halogens is 1. The average molecular weight is 249 g/mol. The molecule has 1 amide bonds. The summed E-state index contributed by atoms with van der Waals surface area (Å²) in [5.41, 5.74) is -0.429. The second kappa shape index (κ2) is 4.34. The van der Waals surface area contributed by atoms with Crippen LogP contribution in [0.3, 0.4) is 0 Å². The molecule has 2 rings (SSSR count). The average Bonchev–Trinajstić information content (AvgIpc) is 2.60. The topological polar surface area (TPSA) is 62.4 Å². The number of hydroxylamine groups is 2. The highest BCUT2D eigenvalue weighted by Gasteiger charge is 2.24. The SMILES string of the molecule is O=C(c1s[nH]c(=O)c1Cl)N1CCCCO1. The van der Waals surface area contributed by atoms with Crippen LogP contribution in [0, 0.1) is 0 Å². The molecule has 1 N–H and O–H groups in total. The van der Waals surface area contributed by atoms with Crippen molar-refractivity contribution in [2.45, 2.75) is 12.8 Å². The lowest BCUT2D eigenvalue weighted by Gasteiger charge is -2.25. The molecule has 1 aliphatic heterocycles. The molecular formula is C8H9ClN2O3S. The Kier molecular flexibility index (Phi) is 3.08. The minimum absolute atomic E-state index is 0.0563. The third-order valence-corrected chi connectivity index (χ3v) is 3.41. The van der Waals surface area contributed by atoms with E-state index in [1.54, 1.807) is 0 Å². The van der Waals surface area contributed by atoms with Crippen molar-refractivity contribution >= 4 is 29.0 Å². The van der Waals surface area contributed by atoms with Crippen molar-refractivity contribution in [1.82, 2.24) is 9.44 Å². The van der Waals surface area contributed by atoms with Crippen LogP contribution < -0.4 is 5.56 Å². The first-order valence-corrected chi connectivity index (χ1v) is 5.71. The minimum Gasteiger partial charge on any atom is -0.276 e. The van der Waals surface area contributed by atoms with Crippen molar-refractivity contribution in [3.05, 3.63) is 20.3 Å². The molecule has 0 aliphatic carbocycles. The molecule has 0 spiro atoms. The number of nitrogens with zero attached hydrogens (tertiary/aromatic N) is 1. The molecular weight excluding hydrogens is 240 g/mol. The number of amides is 1. The van der Waals surface area contributed by atoms with Crippen LogP contribution in [0.25, 0.3) is 0 Å². The first kappa shape index (κ1) is 10.7. The van der Waals surface area contributed by atoms with Gasteiger partial charge in [0.25, 0.3) is 11.5 Å². The lowest BCUT2D eigenvalue weighted by molar-refractivity contribution is -0.143. The van der Waals surface area contributed by atoms with Gasteiger partial charge in [0.2, 0.25) is 0 Å². The fraction of sp³-hybridized carbons (Fsp3) is 0.500. The number of aromatic amines is 1.